The highest BCUT2D eigenvalue weighted by atomic mass is 35.5. The van der Waals surface area contributed by atoms with E-state index in [0.717, 1.165) is 30.7 Å². The predicted molar refractivity (Wildman–Crippen MR) is 67.4 cm³/mol. The van der Waals surface area contributed by atoms with Crippen LogP contribution in [0.1, 0.15) is 24.4 Å². The zero-order valence-corrected chi connectivity index (χ0v) is 10.6. The largest absolute Gasteiger partial charge is 0.497 e. The Morgan fingerprint density at radius 3 is 3.12 bits per heavy atom. The van der Waals surface area contributed by atoms with E-state index in [0.29, 0.717) is 0 Å². The molecule has 1 aromatic rings. The molecule has 4 heteroatoms. The van der Waals surface area contributed by atoms with Gasteiger partial charge in [-0.1, -0.05) is 12.1 Å². The number of rotatable bonds is 3. The number of benzene rings is 1. The monoisotopic (exact) mass is 253 g/mol. The second-order valence-electron chi connectivity index (χ2n) is 4.16. The van der Waals surface area contributed by atoms with Crippen LogP contribution in [0.15, 0.2) is 24.3 Å². The fraction of sp³-hybridized carbons (Fsp3) is 0.462. The molecular weight excluding hydrogens is 238 g/mol. The highest BCUT2D eigenvalue weighted by Gasteiger charge is 2.29. The molecule has 1 heterocycles. The number of hydrogen-bond acceptors (Lipinski definition) is 2. The summed E-state index contributed by atoms with van der Waals surface area (Å²) in [5, 5.41) is 0. The van der Waals surface area contributed by atoms with Crippen LogP contribution in [0, 0.1) is 0 Å². The summed E-state index contributed by atoms with van der Waals surface area (Å²) in [6, 6.07) is 8.04. The van der Waals surface area contributed by atoms with E-state index in [1.165, 1.54) is 0 Å². The summed E-state index contributed by atoms with van der Waals surface area (Å²) >= 11 is 5.63. The van der Waals surface area contributed by atoms with E-state index in [1.807, 2.05) is 29.2 Å². The molecule has 0 radical (unpaired) electrons. The number of alkyl halides is 1. The summed E-state index contributed by atoms with van der Waals surface area (Å²) in [4.78, 5) is 13.6. The molecule has 0 N–H and O–H groups in total. The second kappa shape index (κ2) is 5.41. The Morgan fingerprint density at radius 2 is 2.41 bits per heavy atom. The van der Waals surface area contributed by atoms with Crippen molar-refractivity contribution >= 4 is 17.5 Å². The molecule has 2 rings (SSSR count). The van der Waals surface area contributed by atoms with Gasteiger partial charge >= 0.3 is 0 Å². The molecule has 3 nitrogen and oxygen atoms in total. The molecule has 1 aliphatic rings. The smallest absolute Gasteiger partial charge is 0.238 e. The Kier molecular flexibility index (Phi) is 3.89. The summed E-state index contributed by atoms with van der Waals surface area (Å²) in [5.41, 5.74) is 1.13. The molecular formula is C13H16ClNO2. The summed E-state index contributed by atoms with van der Waals surface area (Å²) < 4.78 is 5.21. The second-order valence-corrected chi connectivity index (χ2v) is 4.42. The molecule has 1 saturated heterocycles. The van der Waals surface area contributed by atoms with Gasteiger partial charge < -0.3 is 9.64 Å². The van der Waals surface area contributed by atoms with E-state index in [2.05, 4.69) is 0 Å². The molecule has 0 spiro atoms. The molecule has 0 bridgehead atoms. The number of likely N-dealkylation sites (tertiary alicyclic amines) is 1. The first-order chi connectivity index (χ1) is 8.26. The van der Waals surface area contributed by atoms with Crippen LogP contribution >= 0.6 is 11.6 Å². The maximum atomic E-state index is 11.7. The van der Waals surface area contributed by atoms with Crippen molar-refractivity contribution in [2.45, 2.75) is 18.9 Å². The molecule has 1 unspecified atom stereocenters. The maximum absolute atomic E-state index is 11.7. The van der Waals surface area contributed by atoms with E-state index in [9.17, 15) is 4.79 Å². The van der Waals surface area contributed by atoms with Crippen LogP contribution in [0.25, 0.3) is 0 Å². The fourth-order valence-corrected chi connectivity index (χ4v) is 2.49. The van der Waals surface area contributed by atoms with Crippen molar-refractivity contribution in [1.82, 2.24) is 4.90 Å². The molecule has 1 aromatic carbocycles. The highest BCUT2D eigenvalue weighted by molar-refractivity contribution is 6.27. The normalized spacial score (nSPS) is 19.4. The first-order valence-corrected chi connectivity index (χ1v) is 6.29. The lowest BCUT2D eigenvalue weighted by Gasteiger charge is -2.24. The number of hydrogen-bond donors (Lipinski definition) is 0. The van der Waals surface area contributed by atoms with Crippen molar-refractivity contribution in [2.24, 2.45) is 0 Å². The van der Waals surface area contributed by atoms with Crippen LogP contribution in [0.3, 0.4) is 0 Å². The van der Waals surface area contributed by atoms with Crippen molar-refractivity contribution in [3.8, 4) is 5.75 Å². The minimum absolute atomic E-state index is 0.0111. The van der Waals surface area contributed by atoms with Gasteiger partial charge in [-0.3, -0.25) is 4.79 Å². The number of amides is 1. The summed E-state index contributed by atoms with van der Waals surface area (Å²) in [7, 11) is 1.65. The molecule has 0 aliphatic carbocycles. The number of carbonyl (C=O) groups excluding carboxylic acids is 1. The van der Waals surface area contributed by atoms with Crippen LogP contribution < -0.4 is 4.74 Å². The van der Waals surface area contributed by atoms with E-state index in [4.69, 9.17) is 16.3 Å². The average Bonchev–Trinajstić information content (AvgIpc) is 2.87. The number of ether oxygens (including phenoxy) is 1. The van der Waals surface area contributed by atoms with E-state index < -0.39 is 0 Å². The van der Waals surface area contributed by atoms with Gasteiger partial charge in [0.2, 0.25) is 5.91 Å². The van der Waals surface area contributed by atoms with Gasteiger partial charge in [-0.05, 0) is 30.5 Å². The molecule has 0 aromatic heterocycles. The van der Waals surface area contributed by atoms with E-state index in [-0.39, 0.29) is 17.8 Å². The van der Waals surface area contributed by atoms with Crippen molar-refractivity contribution in [3.05, 3.63) is 29.8 Å². The molecule has 92 valence electrons. The van der Waals surface area contributed by atoms with Gasteiger partial charge in [0.1, 0.15) is 11.6 Å². The number of nitrogens with zero attached hydrogens (tertiary/aromatic N) is 1. The molecule has 1 fully saturated rings. The van der Waals surface area contributed by atoms with E-state index >= 15 is 0 Å². The maximum Gasteiger partial charge on any atom is 0.238 e. The quantitative estimate of drug-likeness (QED) is 0.775. The molecule has 17 heavy (non-hydrogen) atoms. The topological polar surface area (TPSA) is 29.5 Å². The van der Waals surface area contributed by atoms with Crippen LogP contribution in [-0.2, 0) is 4.79 Å². The van der Waals surface area contributed by atoms with Crippen molar-refractivity contribution < 1.29 is 9.53 Å². The third-order valence-electron chi connectivity index (χ3n) is 3.17. The minimum Gasteiger partial charge on any atom is -0.497 e. The van der Waals surface area contributed by atoms with Crippen LogP contribution in [0.5, 0.6) is 5.75 Å². The summed E-state index contributed by atoms with van der Waals surface area (Å²) in [5.74, 6) is 0.894. The van der Waals surface area contributed by atoms with Gasteiger partial charge in [0.15, 0.2) is 0 Å². The van der Waals surface area contributed by atoms with Crippen LogP contribution in [0.2, 0.25) is 0 Å². The Hall–Kier alpha value is -1.22. The Morgan fingerprint density at radius 1 is 1.59 bits per heavy atom. The SMILES string of the molecule is COc1cccc(C2CCCN2C(=O)CCl)c1. The molecule has 1 atom stereocenters. The number of carbonyl (C=O) groups is 1. The zero-order valence-electron chi connectivity index (χ0n) is 9.86. The summed E-state index contributed by atoms with van der Waals surface area (Å²) in [6.45, 7) is 0.799. The fourth-order valence-electron chi connectivity index (χ4n) is 2.34. The zero-order chi connectivity index (χ0) is 12.3. The lowest BCUT2D eigenvalue weighted by Crippen LogP contribution is -2.31. The highest BCUT2D eigenvalue weighted by Crippen LogP contribution is 2.33. The first kappa shape index (κ1) is 12.2. The van der Waals surface area contributed by atoms with Crippen LogP contribution in [-0.4, -0.2) is 30.3 Å². The lowest BCUT2D eigenvalue weighted by atomic mass is 10.0. The first-order valence-electron chi connectivity index (χ1n) is 5.75. The van der Waals surface area contributed by atoms with Gasteiger partial charge in [0.25, 0.3) is 0 Å². The van der Waals surface area contributed by atoms with Crippen molar-refractivity contribution in [2.75, 3.05) is 19.5 Å². The third kappa shape index (κ3) is 2.55. The van der Waals surface area contributed by atoms with Crippen molar-refractivity contribution in [1.29, 1.82) is 0 Å². The Balaban J connectivity index is 2.22. The molecule has 0 saturated carbocycles. The standard InChI is InChI=1S/C13H16ClNO2/c1-17-11-5-2-4-10(8-11)12-6-3-7-15(12)13(16)9-14/h2,4-5,8,12H,3,6-7,9H2,1H3. The van der Waals surface area contributed by atoms with Gasteiger partial charge in [-0.15, -0.1) is 11.6 Å². The minimum atomic E-state index is 0.0111. The Bertz CT molecular complexity index is 408. The third-order valence-corrected chi connectivity index (χ3v) is 3.39. The summed E-state index contributed by atoms with van der Waals surface area (Å²) in [6.07, 6.45) is 2.03. The van der Waals surface area contributed by atoms with Crippen LogP contribution in [0.4, 0.5) is 0 Å². The van der Waals surface area contributed by atoms with Gasteiger partial charge in [0.05, 0.1) is 13.2 Å². The average molecular weight is 254 g/mol. The number of halogens is 1. The van der Waals surface area contributed by atoms with Gasteiger partial charge in [-0.25, -0.2) is 0 Å². The van der Waals surface area contributed by atoms with E-state index in [1.54, 1.807) is 7.11 Å². The predicted octanol–water partition coefficient (Wildman–Crippen LogP) is 2.60. The number of methoxy groups -OCH3 is 1. The lowest BCUT2D eigenvalue weighted by molar-refractivity contribution is -0.129. The van der Waals surface area contributed by atoms with Gasteiger partial charge in [-0.2, -0.15) is 0 Å². The Labute approximate surface area is 106 Å². The molecule has 1 amide bonds. The molecule has 1 aliphatic heterocycles. The van der Waals surface area contributed by atoms with Crippen molar-refractivity contribution in [3.63, 3.8) is 0 Å². The van der Waals surface area contributed by atoms with Gasteiger partial charge in [0, 0.05) is 6.54 Å².